The normalized spacial score (nSPS) is 15.8. The lowest BCUT2D eigenvalue weighted by Crippen LogP contribution is -3.15. The molecular weight excluding hydrogens is 354 g/mol. The highest BCUT2D eigenvalue weighted by molar-refractivity contribution is 5.77. The molecule has 0 spiro atoms. The Balaban J connectivity index is 1.52. The molecule has 2 aromatic carbocycles. The second-order valence-corrected chi connectivity index (χ2v) is 7.15. The van der Waals surface area contributed by atoms with Gasteiger partial charge in [-0.3, -0.25) is 4.79 Å². The van der Waals surface area contributed by atoms with Crippen LogP contribution in [0.3, 0.4) is 0 Å². The summed E-state index contributed by atoms with van der Waals surface area (Å²) in [4.78, 5) is 16.3. The van der Waals surface area contributed by atoms with E-state index in [0.717, 1.165) is 43.2 Å². The molecule has 1 aliphatic rings. The van der Waals surface area contributed by atoms with Crippen molar-refractivity contribution in [1.29, 1.82) is 0 Å². The molecule has 3 rings (SSSR count). The maximum atomic E-state index is 12.6. The fourth-order valence-corrected chi connectivity index (χ4v) is 3.67. The van der Waals surface area contributed by atoms with Crippen molar-refractivity contribution >= 4 is 11.6 Å². The number of anilines is 1. The Hall–Kier alpha value is -2.73. The van der Waals surface area contributed by atoms with Crippen LogP contribution in [-0.4, -0.2) is 52.9 Å². The van der Waals surface area contributed by atoms with Gasteiger partial charge >= 0.3 is 0 Å². The van der Waals surface area contributed by atoms with Gasteiger partial charge in [0.25, 0.3) is 5.91 Å². The first-order valence-corrected chi connectivity index (χ1v) is 9.75. The molecule has 1 amide bonds. The van der Waals surface area contributed by atoms with Gasteiger partial charge in [-0.15, -0.1) is 0 Å². The van der Waals surface area contributed by atoms with Crippen LogP contribution in [0.5, 0.6) is 11.5 Å². The largest absolute Gasteiger partial charge is 0.497 e. The zero-order valence-electron chi connectivity index (χ0n) is 16.9. The number of carbonyl (C=O) groups excluding carboxylic acids is 1. The summed E-state index contributed by atoms with van der Waals surface area (Å²) >= 11 is 0. The van der Waals surface area contributed by atoms with Crippen LogP contribution in [0.4, 0.5) is 5.69 Å². The van der Waals surface area contributed by atoms with Crippen LogP contribution in [0, 0.1) is 0 Å². The van der Waals surface area contributed by atoms with Crippen molar-refractivity contribution in [2.45, 2.75) is 13.0 Å². The molecule has 0 aliphatic carbocycles. The fraction of sp³-hybridized carbons (Fsp3) is 0.409. The molecule has 28 heavy (non-hydrogen) atoms. The summed E-state index contributed by atoms with van der Waals surface area (Å²) in [6.45, 7) is 6.30. The van der Waals surface area contributed by atoms with Gasteiger partial charge in [0, 0.05) is 11.3 Å². The van der Waals surface area contributed by atoms with Gasteiger partial charge in [0.1, 0.15) is 11.5 Å². The van der Waals surface area contributed by atoms with Crippen molar-refractivity contribution in [2.75, 3.05) is 51.8 Å². The molecule has 1 heterocycles. The van der Waals surface area contributed by atoms with E-state index in [2.05, 4.69) is 34.5 Å². The summed E-state index contributed by atoms with van der Waals surface area (Å²) in [5.41, 5.74) is 2.17. The van der Waals surface area contributed by atoms with Crippen molar-refractivity contribution in [2.24, 2.45) is 0 Å². The Labute approximate surface area is 167 Å². The highest BCUT2D eigenvalue weighted by Gasteiger charge is 2.23. The molecule has 150 valence electrons. The van der Waals surface area contributed by atoms with Crippen molar-refractivity contribution in [1.82, 2.24) is 5.32 Å². The summed E-state index contributed by atoms with van der Waals surface area (Å²) in [5.74, 6) is 1.55. The minimum atomic E-state index is -0.150. The summed E-state index contributed by atoms with van der Waals surface area (Å²) in [6, 6.07) is 15.9. The number of hydrogen-bond donors (Lipinski definition) is 2. The zero-order valence-corrected chi connectivity index (χ0v) is 16.9. The first-order chi connectivity index (χ1) is 13.6. The number of nitrogens with zero attached hydrogens (tertiary/aromatic N) is 1. The monoisotopic (exact) mass is 384 g/mol. The number of benzene rings is 2. The van der Waals surface area contributed by atoms with Crippen LogP contribution in [0.2, 0.25) is 0 Å². The van der Waals surface area contributed by atoms with E-state index in [-0.39, 0.29) is 11.9 Å². The van der Waals surface area contributed by atoms with Crippen molar-refractivity contribution < 1.29 is 19.2 Å². The van der Waals surface area contributed by atoms with Gasteiger partial charge in [-0.05, 0) is 37.3 Å². The lowest BCUT2D eigenvalue weighted by atomic mass is 10.1. The summed E-state index contributed by atoms with van der Waals surface area (Å²) < 4.78 is 10.7. The second kappa shape index (κ2) is 9.46. The molecule has 0 aromatic heterocycles. The molecule has 0 saturated carbocycles. The summed E-state index contributed by atoms with van der Waals surface area (Å²) in [7, 11) is 3.27. The maximum Gasteiger partial charge on any atom is 0.275 e. The van der Waals surface area contributed by atoms with E-state index in [1.165, 1.54) is 10.6 Å². The van der Waals surface area contributed by atoms with Gasteiger partial charge in [-0.25, -0.2) is 0 Å². The highest BCUT2D eigenvalue weighted by Crippen LogP contribution is 2.29. The Morgan fingerprint density at radius 2 is 1.82 bits per heavy atom. The van der Waals surface area contributed by atoms with Gasteiger partial charge < -0.3 is 24.6 Å². The van der Waals surface area contributed by atoms with Gasteiger partial charge in [0.15, 0.2) is 6.54 Å². The Morgan fingerprint density at radius 1 is 1.11 bits per heavy atom. The number of rotatable bonds is 7. The predicted octanol–water partition coefficient (Wildman–Crippen LogP) is 1.29. The average Bonchev–Trinajstić information content (AvgIpc) is 2.74. The summed E-state index contributed by atoms with van der Waals surface area (Å²) in [6.07, 6.45) is 0. The van der Waals surface area contributed by atoms with Crippen molar-refractivity contribution in [3.8, 4) is 11.5 Å². The number of para-hydroxylation sites is 1. The molecule has 1 saturated heterocycles. The number of quaternary nitrogens is 1. The lowest BCUT2D eigenvalue weighted by Gasteiger charge is -2.33. The van der Waals surface area contributed by atoms with Crippen LogP contribution in [-0.2, 0) is 4.79 Å². The molecule has 0 bridgehead atoms. The number of ether oxygens (including phenoxy) is 2. The van der Waals surface area contributed by atoms with Crippen LogP contribution < -0.4 is 24.6 Å². The van der Waals surface area contributed by atoms with E-state index in [1.54, 1.807) is 14.2 Å². The first-order valence-electron chi connectivity index (χ1n) is 9.75. The molecule has 2 N–H and O–H groups in total. The SMILES string of the molecule is COc1ccc(OC)c([C@H](C)NC(=O)C[NH+]2CCN(c3ccccc3)CC2)c1. The van der Waals surface area contributed by atoms with Crippen LogP contribution in [0.15, 0.2) is 48.5 Å². The zero-order chi connectivity index (χ0) is 19.9. The minimum absolute atomic E-state index is 0.0561. The van der Waals surface area contributed by atoms with E-state index in [9.17, 15) is 4.79 Å². The Morgan fingerprint density at radius 3 is 2.46 bits per heavy atom. The quantitative estimate of drug-likeness (QED) is 0.755. The van der Waals surface area contributed by atoms with E-state index in [0.29, 0.717) is 6.54 Å². The van der Waals surface area contributed by atoms with E-state index in [4.69, 9.17) is 9.47 Å². The van der Waals surface area contributed by atoms with E-state index in [1.807, 2.05) is 31.2 Å². The molecular formula is C22H30N3O3+. The average molecular weight is 385 g/mol. The topological polar surface area (TPSA) is 55.2 Å². The molecule has 6 nitrogen and oxygen atoms in total. The molecule has 1 aliphatic heterocycles. The predicted molar refractivity (Wildman–Crippen MR) is 110 cm³/mol. The molecule has 1 atom stereocenters. The van der Waals surface area contributed by atoms with E-state index >= 15 is 0 Å². The first kappa shape index (κ1) is 20.0. The number of carbonyl (C=O) groups is 1. The minimum Gasteiger partial charge on any atom is -0.497 e. The van der Waals surface area contributed by atoms with Crippen molar-refractivity contribution in [3.05, 3.63) is 54.1 Å². The Bertz CT molecular complexity index is 774. The smallest absolute Gasteiger partial charge is 0.275 e. The number of methoxy groups -OCH3 is 2. The van der Waals surface area contributed by atoms with E-state index < -0.39 is 0 Å². The molecule has 0 unspecified atom stereocenters. The third-order valence-electron chi connectivity index (χ3n) is 5.28. The highest BCUT2D eigenvalue weighted by atomic mass is 16.5. The lowest BCUT2D eigenvalue weighted by molar-refractivity contribution is -0.892. The molecule has 1 fully saturated rings. The van der Waals surface area contributed by atoms with Crippen LogP contribution in [0.25, 0.3) is 0 Å². The summed E-state index contributed by atoms with van der Waals surface area (Å²) in [5, 5.41) is 3.10. The van der Waals surface area contributed by atoms with Gasteiger partial charge in [0.2, 0.25) is 0 Å². The number of nitrogens with one attached hydrogen (secondary N) is 2. The van der Waals surface area contributed by atoms with Crippen LogP contribution in [0.1, 0.15) is 18.5 Å². The molecule has 2 aromatic rings. The van der Waals surface area contributed by atoms with Crippen molar-refractivity contribution in [3.63, 3.8) is 0 Å². The standard InChI is InChI=1S/C22H29N3O3/c1-17(20-15-19(27-2)9-10-21(20)28-3)23-22(26)16-24-11-13-25(14-12-24)18-7-5-4-6-8-18/h4-10,15,17H,11-14,16H2,1-3H3,(H,23,26)/p+1/t17-/m0/s1. The maximum absolute atomic E-state index is 12.6. The third kappa shape index (κ3) is 4.95. The van der Waals surface area contributed by atoms with Gasteiger partial charge in [-0.1, -0.05) is 18.2 Å². The number of hydrogen-bond acceptors (Lipinski definition) is 4. The second-order valence-electron chi connectivity index (χ2n) is 7.15. The van der Waals surface area contributed by atoms with Gasteiger partial charge in [-0.2, -0.15) is 0 Å². The number of amides is 1. The van der Waals surface area contributed by atoms with Crippen LogP contribution >= 0.6 is 0 Å². The van der Waals surface area contributed by atoms with Gasteiger partial charge in [0.05, 0.1) is 46.4 Å². The fourth-order valence-electron chi connectivity index (χ4n) is 3.67. The third-order valence-corrected chi connectivity index (χ3v) is 5.28. The number of piperazine rings is 1. The molecule has 0 radical (unpaired) electrons. The Kier molecular flexibility index (Phi) is 6.76. The molecule has 6 heteroatoms.